The lowest BCUT2D eigenvalue weighted by atomic mass is 10.1. The second-order valence-corrected chi connectivity index (χ2v) is 5.40. The Bertz CT molecular complexity index is 1030. The van der Waals surface area contributed by atoms with Gasteiger partial charge in [0, 0.05) is 22.8 Å². The summed E-state index contributed by atoms with van der Waals surface area (Å²) in [7, 11) is 0. The summed E-state index contributed by atoms with van der Waals surface area (Å²) in [5.41, 5.74) is 1.42. The highest BCUT2D eigenvalue weighted by atomic mass is 16.4. The smallest absolute Gasteiger partial charge is 0.346 e. The number of rotatable bonds is 4. The molecule has 0 bridgehead atoms. The highest BCUT2D eigenvalue weighted by Gasteiger charge is 2.10. The van der Waals surface area contributed by atoms with Crippen LogP contribution in [0.2, 0.25) is 0 Å². The predicted octanol–water partition coefficient (Wildman–Crippen LogP) is 4.28. The molecule has 0 amide bonds. The van der Waals surface area contributed by atoms with E-state index < -0.39 is 5.97 Å². The fraction of sp³-hybridized carbons (Fsp3) is 0. The van der Waals surface area contributed by atoms with Crippen molar-refractivity contribution in [2.45, 2.75) is 0 Å². The molecule has 5 heteroatoms. The fourth-order valence-corrected chi connectivity index (χ4v) is 2.56. The first-order valence-electron chi connectivity index (χ1n) is 7.51. The Labute approximate surface area is 144 Å². The lowest BCUT2D eigenvalue weighted by Gasteiger charge is -2.13. The van der Waals surface area contributed by atoms with E-state index in [-0.39, 0.29) is 11.3 Å². The molecule has 0 saturated heterocycles. The molecule has 0 atom stereocenters. The predicted molar refractivity (Wildman–Crippen MR) is 96.6 cm³/mol. The van der Waals surface area contributed by atoms with E-state index in [2.05, 4.69) is 5.32 Å². The van der Waals surface area contributed by atoms with Gasteiger partial charge in [-0.3, -0.25) is 0 Å². The number of aromatic hydroxyl groups is 1. The van der Waals surface area contributed by atoms with Crippen LogP contribution in [0, 0.1) is 11.3 Å². The van der Waals surface area contributed by atoms with Gasteiger partial charge in [-0.1, -0.05) is 36.4 Å². The second kappa shape index (κ2) is 6.77. The molecule has 0 aliphatic rings. The molecule has 0 radical (unpaired) electrons. The van der Waals surface area contributed by atoms with Gasteiger partial charge in [0.05, 0.1) is 0 Å². The van der Waals surface area contributed by atoms with Crippen molar-refractivity contribution in [1.82, 2.24) is 0 Å². The van der Waals surface area contributed by atoms with Gasteiger partial charge in [0.25, 0.3) is 0 Å². The third-order valence-electron chi connectivity index (χ3n) is 3.75. The number of hydrogen-bond donors (Lipinski definition) is 3. The largest absolute Gasteiger partial charge is 0.508 e. The number of carboxylic acid groups (broad SMARTS) is 1. The van der Waals surface area contributed by atoms with Crippen LogP contribution in [-0.2, 0) is 4.79 Å². The van der Waals surface area contributed by atoms with Gasteiger partial charge in [-0.2, -0.15) is 5.26 Å². The number of phenolic OH excluding ortho intramolecular Hbond substituents is 1. The van der Waals surface area contributed by atoms with Gasteiger partial charge in [0.2, 0.25) is 0 Å². The van der Waals surface area contributed by atoms with Gasteiger partial charge >= 0.3 is 5.97 Å². The van der Waals surface area contributed by atoms with Crippen molar-refractivity contribution in [3.8, 4) is 11.8 Å². The Morgan fingerprint density at radius 1 is 1.04 bits per heavy atom. The Morgan fingerprint density at radius 3 is 2.56 bits per heavy atom. The first-order valence-corrected chi connectivity index (χ1v) is 7.51. The summed E-state index contributed by atoms with van der Waals surface area (Å²) < 4.78 is 0. The van der Waals surface area contributed by atoms with Crippen LogP contribution < -0.4 is 5.32 Å². The minimum Gasteiger partial charge on any atom is -0.508 e. The van der Waals surface area contributed by atoms with Crippen LogP contribution in [0.1, 0.15) is 5.56 Å². The summed E-state index contributed by atoms with van der Waals surface area (Å²) in [6, 6.07) is 19.8. The zero-order valence-electron chi connectivity index (χ0n) is 13.1. The molecule has 0 fully saturated rings. The zero-order chi connectivity index (χ0) is 17.8. The number of nitriles is 1. The maximum atomic E-state index is 11.1. The van der Waals surface area contributed by atoms with Crippen molar-refractivity contribution in [3.63, 3.8) is 0 Å². The average Bonchev–Trinajstić information content (AvgIpc) is 2.61. The van der Waals surface area contributed by atoms with Crippen molar-refractivity contribution < 1.29 is 15.0 Å². The highest BCUT2D eigenvalue weighted by molar-refractivity contribution is 5.99. The molecule has 0 aromatic heterocycles. The van der Waals surface area contributed by atoms with Crippen LogP contribution in [0.3, 0.4) is 0 Å². The molecule has 0 heterocycles. The normalized spacial score (nSPS) is 11.1. The van der Waals surface area contributed by atoms with E-state index in [1.807, 2.05) is 42.5 Å². The van der Waals surface area contributed by atoms with Gasteiger partial charge in [-0.05, 0) is 35.2 Å². The zero-order valence-corrected chi connectivity index (χ0v) is 13.1. The highest BCUT2D eigenvalue weighted by Crippen LogP contribution is 2.31. The first kappa shape index (κ1) is 16.1. The molecule has 0 aliphatic carbocycles. The minimum atomic E-state index is -1.30. The summed E-state index contributed by atoms with van der Waals surface area (Å²) in [6.45, 7) is 0. The Balaban J connectivity index is 2.10. The van der Waals surface area contributed by atoms with E-state index in [4.69, 9.17) is 10.4 Å². The number of benzene rings is 3. The minimum absolute atomic E-state index is 0.0359. The number of anilines is 2. The van der Waals surface area contributed by atoms with Gasteiger partial charge in [0.1, 0.15) is 17.4 Å². The van der Waals surface area contributed by atoms with Crippen molar-refractivity contribution in [1.29, 1.82) is 5.26 Å². The molecule has 3 aromatic rings. The van der Waals surface area contributed by atoms with E-state index >= 15 is 0 Å². The Morgan fingerprint density at radius 2 is 1.80 bits per heavy atom. The maximum Gasteiger partial charge on any atom is 0.346 e. The van der Waals surface area contributed by atoms with E-state index in [0.29, 0.717) is 11.3 Å². The lowest BCUT2D eigenvalue weighted by Crippen LogP contribution is -1.99. The summed E-state index contributed by atoms with van der Waals surface area (Å²) in [5.74, 6) is -1.26. The topological polar surface area (TPSA) is 93.4 Å². The third-order valence-corrected chi connectivity index (χ3v) is 3.75. The first-order chi connectivity index (χ1) is 12.1. The number of phenols is 1. The standard InChI is InChI=1S/C20H14N2O3/c21-12-15(20(24)25)10-14-8-9-16(23)11-19(14)22-18-7-3-5-13-4-1-2-6-17(13)18/h1-11,22-23H,(H,24,25). The van der Waals surface area contributed by atoms with Crippen molar-refractivity contribution >= 4 is 34.2 Å². The number of nitrogens with zero attached hydrogens (tertiary/aromatic N) is 1. The Hall–Kier alpha value is -3.78. The second-order valence-electron chi connectivity index (χ2n) is 5.40. The van der Waals surface area contributed by atoms with E-state index in [0.717, 1.165) is 16.5 Å². The molecule has 0 aliphatic heterocycles. The monoisotopic (exact) mass is 330 g/mol. The number of hydrogen-bond acceptors (Lipinski definition) is 4. The SMILES string of the molecule is N#CC(=Cc1ccc(O)cc1Nc1cccc2ccccc12)C(=O)O. The van der Waals surface area contributed by atoms with Crippen LogP contribution in [0.4, 0.5) is 11.4 Å². The van der Waals surface area contributed by atoms with Crippen molar-refractivity contribution in [2.24, 2.45) is 0 Å². The Kier molecular flexibility index (Phi) is 4.36. The van der Waals surface area contributed by atoms with E-state index in [1.165, 1.54) is 18.2 Å². The lowest BCUT2D eigenvalue weighted by molar-refractivity contribution is -0.132. The number of fused-ring (bicyclic) bond motifs is 1. The molecular weight excluding hydrogens is 316 g/mol. The molecule has 0 unspecified atom stereocenters. The third kappa shape index (κ3) is 3.43. The number of nitrogens with one attached hydrogen (secondary N) is 1. The maximum absolute atomic E-state index is 11.1. The summed E-state index contributed by atoms with van der Waals surface area (Å²) in [6.07, 6.45) is 1.27. The average molecular weight is 330 g/mol. The molecule has 0 spiro atoms. The van der Waals surface area contributed by atoms with Crippen molar-refractivity contribution in [2.75, 3.05) is 5.32 Å². The summed E-state index contributed by atoms with van der Waals surface area (Å²) >= 11 is 0. The number of carboxylic acids is 1. The van der Waals surface area contributed by atoms with Crippen LogP contribution in [0.5, 0.6) is 5.75 Å². The molecule has 3 N–H and O–H groups in total. The van der Waals surface area contributed by atoms with Crippen LogP contribution in [0.15, 0.2) is 66.2 Å². The van der Waals surface area contributed by atoms with Crippen LogP contribution in [0.25, 0.3) is 16.8 Å². The summed E-state index contributed by atoms with van der Waals surface area (Å²) in [4.78, 5) is 11.1. The molecule has 3 rings (SSSR count). The number of carbonyl (C=O) groups is 1. The molecular formula is C20H14N2O3. The van der Waals surface area contributed by atoms with Crippen molar-refractivity contribution in [3.05, 3.63) is 71.8 Å². The quantitative estimate of drug-likeness (QED) is 0.490. The molecule has 25 heavy (non-hydrogen) atoms. The summed E-state index contributed by atoms with van der Waals surface area (Å²) in [5, 5.41) is 33.1. The molecule has 0 saturated carbocycles. The fourth-order valence-electron chi connectivity index (χ4n) is 2.56. The number of aliphatic carboxylic acids is 1. The molecule has 122 valence electrons. The van der Waals surface area contributed by atoms with Gasteiger partial charge in [0.15, 0.2) is 0 Å². The molecule has 3 aromatic carbocycles. The van der Waals surface area contributed by atoms with E-state index in [9.17, 15) is 9.90 Å². The van der Waals surface area contributed by atoms with Crippen LogP contribution in [-0.4, -0.2) is 16.2 Å². The van der Waals surface area contributed by atoms with Gasteiger partial charge < -0.3 is 15.5 Å². The van der Waals surface area contributed by atoms with Crippen LogP contribution >= 0.6 is 0 Å². The molecule has 5 nitrogen and oxygen atoms in total. The van der Waals surface area contributed by atoms with Gasteiger partial charge in [-0.15, -0.1) is 0 Å². The van der Waals surface area contributed by atoms with Gasteiger partial charge in [-0.25, -0.2) is 4.79 Å². The van der Waals surface area contributed by atoms with E-state index in [1.54, 1.807) is 12.1 Å².